The number of allylic oxidation sites excluding steroid dienone is 5. The molecule has 0 aromatic carbocycles. The molecule has 3 rings (SSSR count). The third-order valence-electron chi connectivity index (χ3n) is 6.66. The summed E-state index contributed by atoms with van der Waals surface area (Å²) in [6.45, 7) is 10.6. The number of methoxy groups -OCH3 is 1. The molecule has 3 aliphatic rings. The van der Waals surface area contributed by atoms with Crippen LogP contribution in [0, 0.1) is 5.92 Å². The minimum absolute atomic E-state index is 0.127. The lowest BCUT2D eigenvalue weighted by molar-refractivity contribution is -0.140. The number of carbonyl (C=O) groups is 1. The van der Waals surface area contributed by atoms with Crippen LogP contribution in [0.4, 0.5) is 8.78 Å². The van der Waals surface area contributed by atoms with Crippen molar-refractivity contribution in [3.63, 3.8) is 0 Å². The van der Waals surface area contributed by atoms with E-state index in [0.717, 1.165) is 30.7 Å². The summed E-state index contributed by atoms with van der Waals surface area (Å²) >= 11 is 0. The van der Waals surface area contributed by atoms with Crippen molar-refractivity contribution in [2.24, 2.45) is 11.0 Å². The summed E-state index contributed by atoms with van der Waals surface area (Å²) in [6, 6.07) is -0.740. The Morgan fingerprint density at radius 2 is 2.00 bits per heavy atom. The summed E-state index contributed by atoms with van der Waals surface area (Å²) in [5.74, 6) is -2.98. The van der Waals surface area contributed by atoms with Crippen molar-refractivity contribution in [2.45, 2.75) is 71.3 Å². The van der Waals surface area contributed by atoms with E-state index in [4.69, 9.17) is 4.74 Å². The predicted octanol–water partition coefficient (Wildman–Crippen LogP) is 5.57. The van der Waals surface area contributed by atoms with Crippen LogP contribution in [0.15, 0.2) is 53.1 Å². The number of carbonyl (C=O) groups excluding carboxylic acids is 1. The SMILES string of the molecule is C=C(CCCCN1CCC2C(C(F)(F)CC)=NN(C3=CC=C(OC)CC=C3)C2C1=O)N(C)C.CC. The highest BCUT2D eigenvalue weighted by atomic mass is 19.3. The number of amides is 1. The maximum Gasteiger partial charge on any atom is 0.287 e. The molecular weight excluding hydrogens is 450 g/mol. The van der Waals surface area contributed by atoms with E-state index in [0.29, 0.717) is 31.6 Å². The Morgan fingerprint density at radius 3 is 2.63 bits per heavy atom. The Bertz CT molecular complexity index is 876. The van der Waals surface area contributed by atoms with Gasteiger partial charge in [-0.3, -0.25) is 9.80 Å². The number of halogens is 2. The van der Waals surface area contributed by atoms with E-state index in [1.54, 1.807) is 19.3 Å². The van der Waals surface area contributed by atoms with Crippen molar-refractivity contribution in [1.82, 2.24) is 14.8 Å². The normalized spacial score (nSPS) is 21.8. The molecule has 1 fully saturated rings. The Hall–Kier alpha value is -2.64. The van der Waals surface area contributed by atoms with Gasteiger partial charge in [0.05, 0.1) is 18.6 Å². The quantitative estimate of drug-likeness (QED) is 0.374. The summed E-state index contributed by atoms with van der Waals surface area (Å²) in [6.07, 6.45) is 10.7. The molecule has 1 saturated heterocycles. The molecule has 0 N–H and O–H groups in total. The van der Waals surface area contributed by atoms with E-state index >= 15 is 0 Å². The van der Waals surface area contributed by atoms with Crippen molar-refractivity contribution in [3.8, 4) is 0 Å². The van der Waals surface area contributed by atoms with Crippen LogP contribution >= 0.6 is 0 Å². The maximum atomic E-state index is 14.8. The molecule has 1 aliphatic carbocycles. The Labute approximate surface area is 209 Å². The van der Waals surface area contributed by atoms with Crippen LogP contribution in [-0.2, 0) is 9.53 Å². The minimum Gasteiger partial charge on any atom is -0.501 e. The van der Waals surface area contributed by atoms with E-state index in [-0.39, 0.29) is 18.0 Å². The summed E-state index contributed by atoms with van der Waals surface area (Å²) in [4.78, 5) is 17.3. The molecule has 2 atom stereocenters. The number of hydrazone groups is 1. The lowest BCUT2D eigenvalue weighted by Crippen LogP contribution is -2.54. The van der Waals surface area contributed by atoms with Gasteiger partial charge in [-0.25, -0.2) is 0 Å². The topological polar surface area (TPSA) is 48.4 Å². The largest absolute Gasteiger partial charge is 0.501 e. The fourth-order valence-electron chi connectivity index (χ4n) is 4.46. The zero-order chi connectivity index (χ0) is 26.2. The Morgan fingerprint density at radius 1 is 1.29 bits per heavy atom. The number of likely N-dealkylation sites (tertiary alicyclic amines) is 1. The van der Waals surface area contributed by atoms with E-state index in [9.17, 15) is 13.6 Å². The predicted molar refractivity (Wildman–Crippen MR) is 138 cm³/mol. The molecule has 0 aromatic rings. The monoisotopic (exact) mass is 492 g/mol. The van der Waals surface area contributed by atoms with Gasteiger partial charge in [0.2, 0.25) is 5.91 Å². The van der Waals surface area contributed by atoms with Gasteiger partial charge in [0.15, 0.2) is 0 Å². The fraction of sp³-hybridized carbons (Fsp3) is 0.630. The van der Waals surface area contributed by atoms with Gasteiger partial charge in [-0.05, 0) is 43.9 Å². The van der Waals surface area contributed by atoms with Crippen molar-refractivity contribution < 1.29 is 18.3 Å². The number of nitrogens with zero attached hydrogens (tertiary/aromatic N) is 4. The number of alkyl halides is 2. The van der Waals surface area contributed by atoms with Crippen LogP contribution in [0.1, 0.15) is 59.3 Å². The maximum absolute atomic E-state index is 14.8. The number of fused-ring (bicyclic) bond motifs is 1. The molecule has 2 heterocycles. The molecule has 35 heavy (non-hydrogen) atoms. The van der Waals surface area contributed by atoms with Crippen LogP contribution in [0.5, 0.6) is 0 Å². The number of hydrogen-bond acceptors (Lipinski definition) is 5. The third-order valence-corrected chi connectivity index (χ3v) is 6.66. The molecule has 1 amide bonds. The average molecular weight is 493 g/mol. The third kappa shape index (κ3) is 6.73. The first-order valence-electron chi connectivity index (χ1n) is 12.7. The highest BCUT2D eigenvalue weighted by Gasteiger charge is 2.54. The van der Waals surface area contributed by atoms with Gasteiger partial charge >= 0.3 is 0 Å². The molecule has 0 radical (unpaired) electrons. The molecule has 0 aromatic heterocycles. The van der Waals surface area contributed by atoms with Gasteiger partial charge in [0, 0.05) is 51.6 Å². The van der Waals surface area contributed by atoms with Crippen LogP contribution in [-0.4, -0.2) is 72.7 Å². The van der Waals surface area contributed by atoms with Crippen LogP contribution < -0.4 is 0 Å². The average Bonchev–Trinajstić information content (AvgIpc) is 3.09. The standard InChI is InChI=1S/C25H36F2N4O2.C2H6/c1-6-25(26,27)23-21-15-17-30(16-8-7-10-18(2)29(3)4)24(32)22(21)31(28-23)19-11-9-12-20(33-5)14-13-19;1-2/h9,11,13-14,21-22H,2,6-8,10,12,15-17H2,1,3-5H3;1-2H3. The molecule has 6 nitrogen and oxygen atoms in total. The van der Waals surface area contributed by atoms with E-state index in [1.165, 1.54) is 11.9 Å². The number of piperidine rings is 1. The molecule has 0 saturated carbocycles. The second-order valence-electron chi connectivity index (χ2n) is 9.01. The number of hydrogen-bond donors (Lipinski definition) is 0. The number of ether oxygens (including phenoxy) is 1. The summed E-state index contributed by atoms with van der Waals surface area (Å²) in [5.41, 5.74) is 1.51. The van der Waals surface area contributed by atoms with E-state index < -0.39 is 17.9 Å². The molecule has 0 spiro atoms. The molecule has 2 aliphatic heterocycles. The van der Waals surface area contributed by atoms with Crippen LogP contribution in [0.2, 0.25) is 0 Å². The van der Waals surface area contributed by atoms with Crippen molar-refractivity contribution in [1.29, 1.82) is 0 Å². The van der Waals surface area contributed by atoms with Gasteiger partial charge in [0.1, 0.15) is 11.8 Å². The summed E-state index contributed by atoms with van der Waals surface area (Å²) in [5, 5.41) is 5.87. The van der Waals surface area contributed by atoms with Crippen LogP contribution in [0.25, 0.3) is 0 Å². The zero-order valence-corrected chi connectivity index (χ0v) is 22.2. The minimum atomic E-state index is -3.03. The smallest absolute Gasteiger partial charge is 0.287 e. The number of rotatable bonds is 10. The number of unbranched alkanes of at least 4 members (excludes halogenated alkanes) is 1. The van der Waals surface area contributed by atoms with Crippen molar-refractivity contribution >= 4 is 11.6 Å². The van der Waals surface area contributed by atoms with Crippen molar-refractivity contribution in [2.75, 3.05) is 34.3 Å². The van der Waals surface area contributed by atoms with E-state index in [1.807, 2.05) is 49.9 Å². The van der Waals surface area contributed by atoms with Gasteiger partial charge in [-0.1, -0.05) is 33.4 Å². The summed E-state index contributed by atoms with van der Waals surface area (Å²) in [7, 11) is 5.53. The Balaban J connectivity index is 0.00000210. The highest BCUT2D eigenvalue weighted by Crippen LogP contribution is 2.40. The molecular formula is C27H42F2N4O2. The van der Waals surface area contributed by atoms with Crippen LogP contribution in [0.3, 0.4) is 0 Å². The summed E-state index contributed by atoms with van der Waals surface area (Å²) < 4.78 is 34.9. The second-order valence-corrected chi connectivity index (χ2v) is 9.01. The van der Waals surface area contributed by atoms with Gasteiger partial charge in [-0.2, -0.15) is 13.9 Å². The fourth-order valence-corrected chi connectivity index (χ4v) is 4.46. The second kappa shape index (κ2) is 12.9. The molecule has 2 unspecified atom stereocenters. The van der Waals surface area contributed by atoms with Crippen molar-refractivity contribution in [3.05, 3.63) is 48.0 Å². The lowest BCUT2D eigenvalue weighted by atomic mass is 9.84. The highest BCUT2D eigenvalue weighted by molar-refractivity contribution is 6.01. The first-order valence-corrected chi connectivity index (χ1v) is 12.7. The van der Waals surface area contributed by atoms with E-state index in [2.05, 4.69) is 11.7 Å². The van der Waals surface area contributed by atoms with Gasteiger partial charge < -0.3 is 14.5 Å². The molecule has 8 heteroatoms. The Kier molecular flexibility index (Phi) is 10.5. The molecule has 0 bridgehead atoms. The zero-order valence-electron chi connectivity index (χ0n) is 22.2. The first kappa shape index (κ1) is 28.6. The first-order chi connectivity index (χ1) is 16.7. The van der Waals surface area contributed by atoms with Gasteiger partial charge in [0.25, 0.3) is 5.92 Å². The van der Waals surface area contributed by atoms with Gasteiger partial charge in [-0.15, -0.1) is 0 Å². The lowest BCUT2D eigenvalue weighted by Gasteiger charge is -2.38. The molecule has 196 valence electrons.